The first kappa shape index (κ1) is 22.9. The zero-order valence-corrected chi connectivity index (χ0v) is 18.6. The van der Waals surface area contributed by atoms with Gasteiger partial charge < -0.3 is 19.5 Å². The molecule has 1 aliphatic rings. The first-order valence-corrected chi connectivity index (χ1v) is 11.2. The summed E-state index contributed by atoms with van der Waals surface area (Å²) in [5, 5.41) is 3.12. The fraction of sp³-hybridized carbons (Fsp3) is 0.480. The van der Waals surface area contributed by atoms with Gasteiger partial charge in [-0.1, -0.05) is 12.1 Å². The van der Waals surface area contributed by atoms with Gasteiger partial charge in [-0.2, -0.15) is 0 Å². The number of rotatable bonds is 12. The first-order chi connectivity index (χ1) is 15.2. The number of benzene rings is 2. The molecule has 6 heteroatoms. The van der Waals surface area contributed by atoms with E-state index in [1.54, 1.807) is 7.11 Å². The van der Waals surface area contributed by atoms with Gasteiger partial charge in [0.05, 0.1) is 26.4 Å². The maximum atomic E-state index is 12.4. The summed E-state index contributed by atoms with van der Waals surface area (Å²) in [4.78, 5) is 14.9. The number of ether oxygens (including phenoxy) is 3. The van der Waals surface area contributed by atoms with Crippen LogP contribution in [0.25, 0.3) is 0 Å². The smallest absolute Gasteiger partial charge is 0.220 e. The van der Waals surface area contributed by atoms with Crippen molar-refractivity contribution >= 4 is 5.91 Å². The molecule has 0 aliphatic carbocycles. The summed E-state index contributed by atoms with van der Waals surface area (Å²) in [5.41, 5.74) is 1.18. The van der Waals surface area contributed by atoms with Gasteiger partial charge in [-0.05, 0) is 81.2 Å². The van der Waals surface area contributed by atoms with Gasteiger partial charge in [0, 0.05) is 13.0 Å². The summed E-state index contributed by atoms with van der Waals surface area (Å²) in [6.07, 6.45) is 3.53. The Morgan fingerprint density at radius 3 is 2.42 bits per heavy atom. The Morgan fingerprint density at radius 1 is 1.03 bits per heavy atom. The number of amides is 1. The van der Waals surface area contributed by atoms with Crippen molar-refractivity contribution in [2.75, 3.05) is 40.0 Å². The van der Waals surface area contributed by atoms with Gasteiger partial charge in [-0.15, -0.1) is 0 Å². The highest BCUT2D eigenvalue weighted by Gasteiger charge is 2.24. The predicted octanol–water partition coefficient (Wildman–Crippen LogP) is 4.21. The number of likely N-dealkylation sites (tertiary alicyclic amines) is 1. The highest BCUT2D eigenvalue weighted by molar-refractivity contribution is 5.75. The molecule has 0 saturated carbocycles. The molecule has 1 heterocycles. The van der Waals surface area contributed by atoms with Gasteiger partial charge in [-0.3, -0.25) is 9.69 Å². The van der Waals surface area contributed by atoms with Gasteiger partial charge >= 0.3 is 0 Å². The summed E-state index contributed by atoms with van der Waals surface area (Å²) in [7, 11) is 1.68. The molecule has 0 aromatic heterocycles. The van der Waals surface area contributed by atoms with Crippen LogP contribution in [0.4, 0.5) is 0 Å². The summed E-state index contributed by atoms with van der Waals surface area (Å²) < 4.78 is 16.5. The second-order valence-electron chi connectivity index (χ2n) is 7.70. The van der Waals surface area contributed by atoms with Crippen LogP contribution in [0, 0.1) is 0 Å². The lowest BCUT2D eigenvalue weighted by Gasteiger charge is -2.28. The van der Waals surface area contributed by atoms with Crippen molar-refractivity contribution in [1.82, 2.24) is 10.2 Å². The number of methoxy groups -OCH3 is 1. The number of hydrogen-bond acceptors (Lipinski definition) is 5. The Bertz CT molecular complexity index is 803. The van der Waals surface area contributed by atoms with Crippen LogP contribution in [0.2, 0.25) is 0 Å². The van der Waals surface area contributed by atoms with Gasteiger partial charge in [0.1, 0.15) is 17.2 Å². The first-order valence-electron chi connectivity index (χ1n) is 11.2. The maximum Gasteiger partial charge on any atom is 0.220 e. The Kier molecular flexibility index (Phi) is 9.03. The van der Waals surface area contributed by atoms with E-state index in [2.05, 4.69) is 22.3 Å². The summed E-state index contributed by atoms with van der Waals surface area (Å²) in [5.74, 6) is 2.52. The lowest BCUT2D eigenvalue weighted by Crippen LogP contribution is -2.36. The van der Waals surface area contributed by atoms with Gasteiger partial charge in [0.15, 0.2) is 0 Å². The fourth-order valence-corrected chi connectivity index (χ4v) is 3.88. The Labute approximate surface area is 185 Å². The highest BCUT2D eigenvalue weighted by Crippen LogP contribution is 2.27. The van der Waals surface area contributed by atoms with Crippen LogP contribution in [-0.4, -0.2) is 50.8 Å². The molecule has 6 nitrogen and oxygen atoms in total. The minimum atomic E-state index is 0.0578. The number of nitrogens with one attached hydrogen (secondary N) is 1. The van der Waals surface area contributed by atoms with Crippen molar-refractivity contribution < 1.29 is 19.0 Å². The third-order valence-electron chi connectivity index (χ3n) is 5.50. The molecule has 3 rings (SSSR count). The van der Waals surface area contributed by atoms with Crippen molar-refractivity contribution in [3.8, 4) is 17.2 Å². The molecule has 0 spiro atoms. The van der Waals surface area contributed by atoms with Crippen molar-refractivity contribution in [1.29, 1.82) is 0 Å². The number of hydrogen-bond donors (Lipinski definition) is 1. The molecular formula is C25H34N2O4. The van der Waals surface area contributed by atoms with Crippen LogP contribution in [0.3, 0.4) is 0 Å². The number of carbonyl (C=O) groups is 1. The van der Waals surface area contributed by atoms with E-state index in [9.17, 15) is 4.79 Å². The van der Waals surface area contributed by atoms with Gasteiger partial charge in [-0.25, -0.2) is 0 Å². The molecule has 1 aliphatic heterocycles. The summed E-state index contributed by atoms with van der Waals surface area (Å²) >= 11 is 0. The maximum absolute atomic E-state index is 12.4. The van der Waals surface area contributed by atoms with E-state index in [1.165, 1.54) is 18.4 Å². The lowest BCUT2D eigenvalue weighted by atomic mass is 10.0. The molecule has 168 valence electrons. The molecule has 1 fully saturated rings. The van der Waals surface area contributed by atoms with E-state index in [0.717, 1.165) is 30.3 Å². The predicted molar refractivity (Wildman–Crippen MR) is 122 cm³/mol. The molecule has 2 aromatic rings. The summed E-state index contributed by atoms with van der Waals surface area (Å²) in [6.45, 7) is 5.84. The second kappa shape index (κ2) is 12.2. The molecule has 1 N–H and O–H groups in total. The van der Waals surface area contributed by atoms with Crippen molar-refractivity contribution in [2.45, 2.75) is 38.6 Å². The van der Waals surface area contributed by atoms with Crippen molar-refractivity contribution in [2.24, 2.45) is 0 Å². The molecule has 31 heavy (non-hydrogen) atoms. The number of nitrogens with zero attached hydrogens (tertiary/aromatic N) is 1. The van der Waals surface area contributed by atoms with E-state index in [4.69, 9.17) is 14.2 Å². The topological polar surface area (TPSA) is 60.0 Å². The van der Waals surface area contributed by atoms with Gasteiger partial charge in [0.2, 0.25) is 5.91 Å². The average molecular weight is 427 g/mol. The van der Waals surface area contributed by atoms with Crippen LogP contribution >= 0.6 is 0 Å². The number of carbonyl (C=O) groups excluding carboxylic acids is 1. The molecule has 1 amide bonds. The van der Waals surface area contributed by atoms with Crippen LogP contribution in [0.5, 0.6) is 17.2 Å². The monoisotopic (exact) mass is 426 g/mol. The third-order valence-corrected chi connectivity index (χ3v) is 5.50. The lowest BCUT2D eigenvalue weighted by molar-refractivity contribution is -0.121. The molecule has 0 radical (unpaired) electrons. The third kappa shape index (κ3) is 7.17. The van der Waals surface area contributed by atoms with E-state index in [1.807, 2.05) is 43.3 Å². The zero-order valence-electron chi connectivity index (χ0n) is 18.6. The van der Waals surface area contributed by atoms with Gasteiger partial charge in [0.25, 0.3) is 0 Å². The van der Waals surface area contributed by atoms with E-state index >= 15 is 0 Å². The van der Waals surface area contributed by atoms with E-state index < -0.39 is 0 Å². The normalized spacial score (nSPS) is 14.8. The molecule has 0 bridgehead atoms. The fourth-order valence-electron chi connectivity index (χ4n) is 3.88. The largest absolute Gasteiger partial charge is 0.497 e. The molecule has 1 atom stereocenters. The van der Waals surface area contributed by atoms with Crippen LogP contribution in [0.15, 0.2) is 48.5 Å². The second-order valence-corrected chi connectivity index (χ2v) is 7.70. The SMILES string of the molecule is CCOc1ccc(OCCCC(=O)NCC(c2cccc(OC)c2)N2CCCC2)cc1. The van der Waals surface area contributed by atoms with Crippen LogP contribution in [0.1, 0.15) is 44.2 Å². The van der Waals surface area contributed by atoms with Crippen LogP contribution in [-0.2, 0) is 4.79 Å². The summed E-state index contributed by atoms with van der Waals surface area (Å²) in [6, 6.07) is 15.9. The minimum absolute atomic E-state index is 0.0578. The minimum Gasteiger partial charge on any atom is -0.497 e. The van der Waals surface area contributed by atoms with Crippen molar-refractivity contribution in [3.05, 3.63) is 54.1 Å². The Morgan fingerprint density at radius 2 is 1.74 bits per heavy atom. The standard InChI is InChI=1S/C25H34N2O4/c1-3-30-21-11-13-22(14-12-21)31-17-7-10-25(28)26-19-24(27-15-4-5-16-27)20-8-6-9-23(18-20)29-2/h6,8-9,11-14,18,24H,3-5,7,10,15-17,19H2,1-2H3,(H,26,28). The quantitative estimate of drug-likeness (QED) is 0.515. The van der Waals surface area contributed by atoms with Crippen molar-refractivity contribution in [3.63, 3.8) is 0 Å². The van der Waals surface area contributed by atoms with E-state index in [-0.39, 0.29) is 11.9 Å². The van der Waals surface area contributed by atoms with Crippen LogP contribution < -0.4 is 19.5 Å². The van der Waals surface area contributed by atoms with E-state index in [0.29, 0.717) is 32.6 Å². The molecule has 2 aromatic carbocycles. The molecule has 1 unspecified atom stereocenters. The average Bonchev–Trinajstić information content (AvgIpc) is 3.33. The molecule has 1 saturated heterocycles. The zero-order chi connectivity index (χ0) is 21.9. The molecular weight excluding hydrogens is 392 g/mol. The highest BCUT2D eigenvalue weighted by atomic mass is 16.5. The Hall–Kier alpha value is -2.73. The Balaban J connectivity index is 1.43.